The first-order chi connectivity index (χ1) is 12.3. The number of anilines is 1. The molecule has 0 radical (unpaired) electrons. The van der Waals surface area contributed by atoms with E-state index in [9.17, 15) is 22.4 Å². The molecule has 26 heavy (non-hydrogen) atoms. The molecule has 2 aromatic rings. The largest absolute Gasteiger partial charge is 0.416 e. The maximum Gasteiger partial charge on any atom is 0.416 e. The van der Waals surface area contributed by atoms with E-state index in [-0.39, 0.29) is 18.8 Å². The average Bonchev–Trinajstić information content (AvgIpc) is 2.63. The van der Waals surface area contributed by atoms with Gasteiger partial charge in [-0.1, -0.05) is 24.3 Å². The molecule has 4 nitrogen and oxygen atoms in total. The van der Waals surface area contributed by atoms with Crippen LogP contribution in [0.3, 0.4) is 0 Å². The number of morpholine rings is 1. The third kappa shape index (κ3) is 4.13. The van der Waals surface area contributed by atoms with Crippen LogP contribution in [0.4, 0.5) is 28.0 Å². The molecule has 0 unspecified atom stereocenters. The number of nitrogens with one attached hydrogen (secondary N) is 1. The molecule has 8 heteroatoms. The third-order valence-electron chi connectivity index (χ3n) is 4.08. The molecule has 0 aliphatic carbocycles. The van der Waals surface area contributed by atoms with Crippen LogP contribution in [0.2, 0.25) is 0 Å². The molecular weight excluding hydrogens is 352 g/mol. The number of hydrogen-bond donors (Lipinski definition) is 1. The lowest BCUT2D eigenvalue weighted by atomic mass is 10.1. The second-order valence-electron chi connectivity index (χ2n) is 5.84. The fraction of sp³-hybridized carbons (Fsp3) is 0.278. The molecule has 1 atom stereocenters. The number of nitrogens with zero attached hydrogens (tertiary/aromatic N) is 1. The van der Waals surface area contributed by atoms with Crippen LogP contribution in [0.5, 0.6) is 0 Å². The Bertz CT molecular complexity index is 778. The smallest absolute Gasteiger partial charge is 0.370 e. The van der Waals surface area contributed by atoms with Crippen LogP contribution in [-0.4, -0.2) is 30.6 Å². The Balaban J connectivity index is 1.67. The van der Waals surface area contributed by atoms with Crippen molar-refractivity contribution in [3.05, 3.63) is 65.5 Å². The fourth-order valence-electron chi connectivity index (χ4n) is 2.68. The molecule has 138 valence electrons. The lowest BCUT2D eigenvalue weighted by molar-refractivity contribution is -0.137. The number of rotatable bonds is 2. The molecule has 1 heterocycles. The van der Waals surface area contributed by atoms with E-state index in [1.54, 1.807) is 6.07 Å². The van der Waals surface area contributed by atoms with Gasteiger partial charge in [-0.3, -0.25) is 0 Å². The van der Waals surface area contributed by atoms with Crippen LogP contribution in [0.25, 0.3) is 0 Å². The minimum atomic E-state index is -4.41. The maximum atomic E-state index is 13.6. The van der Waals surface area contributed by atoms with Crippen LogP contribution in [0, 0.1) is 5.82 Å². The normalized spacial score (nSPS) is 17.8. The summed E-state index contributed by atoms with van der Waals surface area (Å²) in [5.74, 6) is -0.548. The maximum absolute atomic E-state index is 13.6. The molecule has 0 spiro atoms. The van der Waals surface area contributed by atoms with Crippen LogP contribution in [0.1, 0.15) is 17.2 Å². The van der Waals surface area contributed by atoms with Crippen LogP contribution >= 0.6 is 0 Å². The summed E-state index contributed by atoms with van der Waals surface area (Å²) in [6, 6.07) is 9.95. The molecule has 1 aliphatic heterocycles. The van der Waals surface area contributed by atoms with Gasteiger partial charge in [0.25, 0.3) is 0 Å². The number of alkyl halides is 3. The van der Waals surface area contributed by atoms with Gasteiger partial charge in [-0.2, -0.15) is 13.2 Å². The molecule has 1 N–H and O–H groups in total. The van der Waals surface area contributed by atoms with Crippen LogP contribution in [-0.2, 0) is 10.9 Å². The highest BCUT2D eigenvalue weighted by Crippen LogP contribution is 2.31. The van der Waals surface area contributed by atoms with Gasteiger partial charge in [0.15, 0.2) is 0 Å². The molecule has 0 aromatic heterocycles. The summed E-state index contributed by atoms with van der Waals surface area (Å²) in [5.41, 5.74) is -0.136. The van der Waals surface area contributed by atoms with Crippen LogP contribution in [0.15, 0.2) is 48.5 Å². The van der Waals surface area contributed by atoms with E-state index < -0.39 is 29.7 Å². The monoisotopic (exact) mass is 368 g/mol. The summed E-state index contributed by atoms with van der Waals surface area (Å²) < 4.78 is 57.1. The predicted molar refractivity (Wildman–Crippen MR) is 87.1 cm³/mol. The second-order valence-corrected chi connectivity index (χ2v) is 5.84. The standard InChI is InChI=1S/C18H16F4N2O2/c19-14-3-1-2-4-15(14)23-17(25)24-9-10-26-16(11-24)12-5-7-13(8-6-12)18(20,21)22/h1-8,16H,9-11H2,(H,23,25)/t16-/m0/s1. The predicted octanol–water partition coefficient (Wildman–Crippen LogP) is 4.45. The Labute approximate surface area is 147 Å². The molecular formula is C18H16F4N2O2. The number of ether oxygens (including phenoxy) is 1. The second kappa shape index (κ2) is 7.33. The number of halogens is 4. The molecule has 2 aromatic carbocycles. The quantitative estimate of drug-likeness (QED) is 0.796. The first-order valence-electron chi connectivity index (χ1n) is 7.94. The van der Waals surface area contributed by atoms with Gasteiger partial charge in [-0.25, -0.2) is 9.18 Å². The Morgan fingerprint density at radius 1 is 1.12 bits per heavy atom. The highest BCUT2D eigenvalue weighted by Gasteiger charge is 2.31. The van der Waals surface area contributed by atoms with Crippen molar-refractivity contribution in [2.75, 3.05) is 25.0 Å². The van der Waals surface area contributed by atoms with E-state index in [2.05, 4.69) is 5.32 Å². The zero-order valence-corrected chi connectivity index (χ0v) is 13.6. The first kappa shape index (κ1) is 18.2. The molecule has 1 aliphatic rings. The lowest BCUT2D eigenvalue weighted by Gasteiger charge is -2.33. The lowest BCUT2D eigenvalue weighted by Crippen LogP contribution is -2.44. The van der Waals surface area contributed by atoms with Crippen molar-refractivity contribution in [1.82, 2.24) is 4.90 Å². The number of amides is 2. The Morgan fingerprint density at radius 2 is 1.81 bits per heavy atom. The van der Waals surface area contributed by atoms with Gasteiger partial charge >= 0.3 is 12.2 Å². The summed E-state index contributed by atoms with van der Waals surface area (Å²) in [4.78, 5) is 13.8. The average molecular weight is 368 g/mol. The Kier molecular flexibility index (Phi) is 5.13. The third-order valence-corrected chi connectivity index (χ3v) is 4.08. The van der Waals surface area contributed by atoms with Crippen molar-refractivity contribution in [1.29, 1.82) is 0 Å². The van der Waals surface area contributed by atoms with Crippen molar-refractivity contribution in [3.63, 3.8) is 0 Å². The highest BCUT2D eigenvalue weighted by atomic mass is 19.4. The van der Waals surface area contributed by atoms with Crippen molar-refractivity contribution in [3.8, 4) is 0 Å². The zero-order chi connectivity index (χ0) is 18.7. The SMILES string of the molecule is O=C(Nc1ccccc1F)N1CCO[C@H](c2ccc(C(F)(F)F)cc2)C1. The van der Waals surface area contributed by atoms with Crippen molar-refractivity contribution in [2.45, 2.75) is 12.3 Å². The van der Waals surface area contributed by atoms with Gasteiger partial charge < -0.3 is 15.0 Å². The summed E-state index contributed by atoms with van der Waals surface area (Å²) in [7, 11) is 0. The van der Waals surface area contributed by atoms with E-state index >= 15 is 0 Å². The van der Waals surface area contributed by atoms with Gasteiger partial charge in [0, 0.05) is 6.54 Å². The summed E-state index contributed by atoms with van der Waals surface area (Å²) >= 11 is 0. The fourth-order valence-corrected chi connectivity index (χ4v) is 2.68. The van der Waals surface area contributed by atoms with Gasteiger partial charge in [0.05, 0.1) is 24.4 Å². The molecule has 1 saturated heterocycles. The summed E-state index contributed by atoms with van der Waals surface area (Å²) in [6.45, 7) is 0.694. The van der Waals surface area contributed by atoms with Gasteiger partial charge in [0.2, 0.25) is 0 Å². The first-order valence-corrected chi connectivity index (χ1v) is 7.94. The molecule has 0 bridgehead atoms. The highest BCUT2D eigenvalue weighted by molar-refractivity contribution is 5.89. The van der Waals surface area contributed by atoms with Crippen LogP contribution < -0.4 is 5.32 Å². The number of benzene rings is 2. The van der Waals surface area contributed by atoms with E-state index in [1.165, 1.54) is 35.2 Å². The van der Waals surface area contributed by atoms with Gasteiger partial charge in [0.1, 0.15) is 11.9 Å². The minimum Gasteiger partial charge on any atom is -0.370 e. The number of carbonyl (C=O) groups is 1. The minimum absolute atomic E-state index is 0.0649. The zero-order valence-electron chi connectivity index (χ0n) is 13.6. The van der Waals surface area contributed by atoms with Gasteiger partial charge in [-0.05, 0) is 29.8 Å². The van der Waals surface area contributed by atoms with Crippen molar-refractivity contribution in [2.24, 2.45) is 0 Å². The summed E-state index contributed by atoms with van der Waals surface area (Å²) in [6.07, 6.45) is -4.95. The van der Waals surface area contributed by atoms with E-state index in [4.69, 9.17) is 4.74 Å². The number of carbonyl (C=O) groups excluding carboxylic acids is 1. The van der Waals surface area contributed by atoms with Crippen molar-refractivity contribution >= 4 is 11.7 Å². The number of hydrogen-bond acceptors (Lipinski definition) is 2. The van der Waals surface area contributed by atoms with E-state index in [1.807, 2.05) is 0 Å². The molecule has 0 saturated carbocycles. The Hall–Kier alpha value is -2.61. The van der Waals surface area contributed by atoms with Crippen molar-refractivity contribution < 1.29 is 27.1 Å². The molecule has 1 fully saturated rings. The molecule has 2 amide bonds. The molecule has 3 rings (SSSR count). The summed E-state index contributed by atoms with van der Waals surface area (Å²) in [5, 5.41) is 2.49. The van der Waals surface area contributed by atoms with E-state index in [0.29, 0.717) is 12.1 Å². The Morgan fingerprint density at radius 3 is 2.46 bits per heavy atom. The number of para-hydroxylation sites is 1. The topological polar surface area (TPSA) is 41.6 Å². The van der Waals surface area contributed by atoms with Gasteiger partial charge in [-0.15, -0.1) is 0 Å². The van der Waals surface area contributed by atoms with E-state index in [0.717, 1.165) is 12.1 Å². The number of urea groups is 1.